The second-order valence-corrected chi connectivity index (χ2v) is 8.14. The van der Waals surface area contributed by atoms with Crippen molar-refractivity contribution in [3.8, 4) is 0 Å². The van der Waals surface area contributed by atoms with Gasteiger partial charge in [0.2, 0.25) is 5.91 Å². The fourth-order valence-electron chi connectivity index (χ4n) is 4.07. The first kappa shape index (κ1) is 23.4. The van der Waals surface area contributed by atoms with Crippen LogP contribution in [-0.4, -0.2) is 28.2 Å². The second kappa shape index (κ2) is 9.24. The van der Waals surface area contributed by atoms with Gasteiger partial charge < -0.3 is 10.2 Å². The van der Waals surface area contributed by atoms with E-state index in [1.54, 1.807) is 29.4 Å². The van der Waals surface area contributed by atoms with Gasteiger partial charge in [0.1, 0.15) is 5.82 Å². The summed E-state index contributed by atoms with van der Waals surface area (Å²) in [4.78, 5) is 31.1. The van der Waals surface area contributed by atoms with Gasteiger partial charge in [0.15, 0.2) is 0 Å². The molecular formula is C25H21F4N3O2. The molecule has 9 heteroatoms. The minimum atomic E-state index is -4.79. The number of aryl methyl sites for hydroxylation is 1. The van der Waals surface area contributed by atoms with Crippen LogP contribution >= 0.6 is 0 Å². The molecule has 0 saturated carbocycles. The molecule has 1 aliphatic heterocycles. The molecule has 3 aromatic rings. The van der Waals surface area contributed by atoms with Crippen LogP contribution in [0.3, 0.4) is 0 Å². The summed E-state index contributed by atoms with van der Waals surface area (Å²) in [7, 11) is 0. The van der Waals surface area contributed by atoms with Gasteiger partial charge in [-0.2, -0.15) is 13.2 Å². The first-order chi connectivity index (χ1) is 16.1. The number of aromatic nitrogens is 1. The lowest BCUT2D eigenvalue weighted by Gasteiger charge is -2.31. The van der Waals surface area contributed by atoms with Crippen LogP contribution in [0.25, 0.3) is 0 Å². The van der Waals surface area contributed by atoms with E-state index in [-0.39, 0.29) is 17.9 Å². The van der Waals surface area contributed by atoms with Crippen molar-refractivity contribution in [2.24, 2.45) is 0 Å². The Morgan fingerprint density at radius 2 is 1.82 bits per heavy atom. The molecule has 2 heterocycles. The van der Waals surface area contributed by atoms with Gasteiger partial charge in [-0.15, -0.1) is 0 Å². The predicted molar refractivity (Wildman–Crippen MR) is 118 cm³/mol. The minimum Gasteiger partial charge on any atom is -0.334 e. The maximum Gasteiger partial charge on any atom is 0.419 e. The van der Waals surface area contributed by atoms with E-state index in [1.165, 1.54) is 0 Å². The van der Waals surface area contributed by atoms with Crippen LogP contribution in [0.15, 0.2) is 54.9 Å². The molecule has 5 nitrogen and oxygen atoms in total. The number of fused-ring (bicyclic) bond motifs is 1. The summed E-state index contributed by atoms with van der Waals surface area (Å²) < 4.78 is 52.1. The second-order valence-electron chi connectivity index (χ2n) is 8.14. The molecule has 0 saturated heterocycles. The molecular weight excluding hydrogens is 450 g/mol. The van der Waals surface area contributed by atoms with E-state index in [1.807, 2.05) is 19.1 Å². The third-order valence-corrected chi connectivity index (χ3v) is 5.79. The molecule has 0 radical (unpaired) electrons. The number of pyridine rings is 1. The zero-order valence-corrected chi connectivity index (χ0v) is 18.2. The fourth-order valence-corrected chi connectivity index (χ4v) is 4.07. The fraction of sp³-hybridized carbons (Fsp3) is 0.240. The molecule has 176 valence electrons. The number of halogens is 4. The Hall–Kier alpha value is -3.75. The van der Waals surface area contributed by atoms with Crippen molar-refractivity contribution >= 4 is 17.5 Å². The Balaban J connectivity index is 1.49. The van der Waals surface area contributed by atoms with Gasteiger partial charge in [-0.1, -0.05) is 18.2 Å². The summed E-state index contributed by atoms with van der Waals surface area (Å²) in [6.45, 7) is 2.68. The van der Waals surface area contributed by atoms with Crippen molar-refractivity contribution in [3.05, 3.63) is 94.1 Å². The number of nitrogens with zero attached hydrogens (tertiary/aromatic N) is 2. The number of carbonyl (C=O) groups is 2. The van der Waals surface area contributed by atoms with Crippen molar-refractivity contribution in [1.29, 1.82) is 0 Å². The molecule has 1 N–H and O–H groups in total. The summed E-state index contributed by atoms with van der Waals surface area (Å²) >= 11 is 0. The average Bonchev–Trinajstić information content (AvgIpc) is 2.80. The van der Waals surface area contributed by atoms with E-state index in [4.69, 9.17) is 0 Å². The average molecular weight is 471 g/mol. The Morgan fingerprint density at radius 1 is 1.09 bits per heavy atom. The molecule has 1 aromatic heterocycles. The lowest BCUT2D eigenvalue weighted by atomic mass is 9.94. The third-order valence-electron chi connectivity index (χ3n) is 5.79. The van der Waals surface area contributed by atoms with Crippen molar-refractivity contribution in [2.45, 2.75) is 32.5 Å². The summed E-state index contributed by atoms with van der Waals surface area (Å²) in [5, 5.41) is 2.83. The Bertz CT molecular complexity index is 1240. The maximum absolute atomic E-state index is 13.8. The van der Waals surface area contributed by atoms with E-state index < -0.39 is 23.5 Å². The molecule has 0 aliphatic carbocycles. The maximum atomic E-state index is 13.8. The quantitative estimate of drug-likeness (QED) is 0.549. The van der Waals surface area contributed by atoms with Crippen LogP contribution in [-0.2, 0) is 30.4 Å². The number of hydrogen-bond donors (Lipinski definition) is 1. The molecule has 0 bridgehead atoms. The highest BCUT2D eigenvalue weighted by Crippen LogP contribution is 2.32. The van der Waals surface area contributed by atoms with E-state index in [0.717, 1.165) is 28.8 Å². The van der Waals surface area contributed by atoms with Crippen molar-refractivity contribution in [1.82, 2.24) is 9.88 Å². The molecule has 1 aliphatic rings. The molecule has 0 spiro atoms. The van der Waals surface area contributed by atoms with Crippen molar-refractivity contribution < 1.29 is 27.2 Å². The normalized spacial score (nSPS) is 13.4. The van der Waals surface area contributed by atoms with Crippen molar-refractivity contribution in [3.63, 3.8) is 0 Å². The summed E-state index contributed by atoms with van der Waals surface area (Å²) in [5.74, 6) is -1.99. The van der Waals surface area contributed by atoms with E-state index >= 15 is 0 Å². The number of amides is 2. The highest BCUT2D eigenvalue weighted by molar-refractivity contribution is 5.95. The van der Waals surface area contributed by atoms with Gasteiger partial charge in [-0.25, -0.2) is 4.39 Å². The third kappa shape index (κ3) is 4.93. The molecule has 4 rings (SSSR count). The van der Waals surface area contributed by atoms with Gasteiger partial charge in [-0.05, 0) is 59.9 Å². The van der Waals surface area contributed by atoms with Crippen LogP contribution in [0.4, 0.5) is 23.2 Å². The van der Waals surface area contributed by atoms with Gasteiger partial charge >= 0.3 is 6.18 Å². The summed E-state index contributed by atoms with van der Waals surface area (Å²) in [6.07, 6.45) is -1.42. The van der Waals surface area contributed by atoms with Gasteiger partial charge in [0.25, 0.3) is 5.91 Å². The molecule has 0 atom stereocenters. The monoisotopic (exact) mass is 471 g/mol. The first-order valence-electron chi connectivity index (χ1n) is 10.6. The van der Waals surface area contributed by atoms with E-state index in [2.05, 4.69) is 10.3 Å². The summed E-state index contributed by atoms with van der Waals surface area (Å²) in [5.41, 5.74) is 2.56. The Labute approximate surface area is 193 Å². The number of nitrogens with one attached hydrogen (secondary N) is 1. The highest BCUT2D eigenvalue weighted by atomic mass is 19.4. The smallest absolute Gasteiger partial charge is 0.334 e. The van der Waals surface area contributed by atoms with Crippen LogP contribution in [0.2, 0.25) is 0 Å². The van der Waals surface area contributed by atoms with E-state index in [9.17, 15) is 27.2 Å². The number of anilines is 1. The molecule has 2 aromatic carbocycles. The molecule has 0 fully saturated rings. The topological polar surface area (TPSA) is 62.3 Å². The van der Waals surface area contributed by atoms with Crippen LogP contribution < -0.4 is 5.32 Å². The van der Waals surface area contributed by atoms with Crippen LogP contribution in [0.1, 0.15) is 38.2 Å². The van der Waals surface area contributed by atoms with Gasteiger partial charge in [-0.3, -0.25) is 14.6 Å². The highest BCUT2D eigenvalue weighted by Gasteiger charge is 2.34. The Kier molecular flexibility index (Phi) is 6.37. The molecule has 34 heavy (non-hydrogen) atoms. The van der Waals surface area contributed by atoms with Crippen LogP contribution in [0, 0.1) is 12.7 Å². The SMILES string of the molecule is Cc1ccc2c(c1NC(=O)Cc1ccc(C(F)(F)F)c(F)c1)CCN(C(=O)c1ccncc1)C2. The lowest BCUT2D eigenvalue weighted by molar-refractivity contribution is -0.140. The van der Waals surface area contributed by atoms with Gasteiger partial charge in [0.05, 0.1) is 12.0 Å². The lowest BCUT2D eigenvalue weighted by Crippen LogP contribution is -2.36. The number of benzene rings is 2. The largest absolute Gasteiger partial charge is 0.419 e. The zero-order chi connectivity index (χ0) is 24.5. The number of carbonyl (C=O) groups excluding carboxylic acids is 2. The minimum absolute atomic E-state index is 0.108. The zero-order valence-electron chi connectivity index (χ0n) is 18.2. The number of rotatable bonds is 4. The van der Waals surface area contributed by atoms with Crippen LogP contribution in [0.5, 0.6) is 0 Å². The molecule has 2 amide bonds. The predicted octanol–water partition coefficient (Wildman–Crippen LogP) is 4.93. The van der Waals surface area contributed by atoms with E-state index in [0.29, 0.717) is 36.8 Å². The van der Waals surface area contributed by atoms with Gasteiger partial charge in [0, 0.05) is 36.7 Å². The summed E-state index contributed by atoms with van der Waals surface area (Å²) in [6, 6.07) is 9.54. The standard InChI is InChI=1S/C25H21F4N3O2/c1-15-2-4-18-14-32(24(34)17-6-9-30-10-7-17)11-8-19(18)23(15)31-22(33)13-16-3-5-20(21(26)12-16)25(27,28)29/h2-7,9-10,12H,8,11,13-14H2,1H3,(H,31,33). The first-order valence-corrected chi connectivity index (χ1v) is 10.6. The Morgan fingerprint density at radius 3 is 2.50 bits per heavy atom. The number of alkyl halides is 3. The molecule has 0 unspecified atom stereocenters. The number of hydrogen-bond acceptors (Lipinski definition) is 3. The van der Waals surface area contributed by atoms with Crippen molar-refractivity contribution in [2.75, 3.05) is 11.9 Å².